The Bertz CT molecular complexity index is 1610. The number of thiazole rings is 1. The summed E-state index contributed by atoms with van der Waals surface area (Å²) in [6.07, 6.45) is 1.92. The van der Waals surface area contributed by atoms with Crippen LogP contribution in [-0.2, 0) is 4.74 Å². The molecule has 0 aliphatic heterocycles. The van der Waals surface area contributed by atoms with E-state index in [1.165, 1.54) is 11.3 Å². The molecule has 160 valence electrons. The van der Waals surface area contributed by atoms with E-state index in [4.69, 9.17) is 4.74 Å². The van der Waals surface area contributed by atoms with E-state index >= 15 is 0 Å². The van der Waals surface area contributed by atoms with Gasteiger partial charge >= 0.3 is 5.97 Å². The van der Waals surface area contributed by atoms with Crippen molar-refractivity contribution in [2.24, 2.45) is 0 Å². The van der Waals surface area contributed by atoms with Gasteiger partial charge in [-0.2, -0.15) is 0 Å². The Morgan fingerprint density at radius 2 is 1.94 bits per heavy atom. The predicted molar refractivity (Wildman–Crippen MR) is 127 cm³/mol. The molecule has 32 heavy (non-hydrogen) atoms. The summed E-state index contributed by atoms with van der Waals surface area (Å²) in [5.74, 6) is -0.339. The summed E-state index contributed by atoms with van der Waals surface area (Å²) < 4.78 is 9.52. The van der Waals surface area contributed by atoms with Crippen LogP contribution in [0.1, 0.15) is 34.2 Å². The zero-order chi connectivity index (χ0) is 22.4. The quantitative estimate of drug-likeness (QED) is 0.393. The van der Waals surface area contributed by atoms with Crippen LogP contribution < -0.4 is 10.1 Å². The van der Waals surface area contributed by atoms with Gasteiger partial charge in [-0.3, -0.25) is 4.79 Å². The number of rotatable bonds is 4. The Hall–Kier alpha value is -3.71. The van der Waals surface area contributed by atoms with Gasteiger partial charge in [-0.05, 0) is 68.8 Å². The zero-order valence-corrected chi connectivity index (χ0v) is 18.8. The second-order valence-corrected chi connectivity index (χ2v) is 8.58. The smallest absolute Gasteiger partial charge is 0.338 e. The van der Waals surface area contributed by atoms with Gasteiger partial charge in [-0.25, -0.2) is 14.2 Å². The summed E-state index contributed by atoms with van der Waals surface area (Å²) >= 11 is 1.39. The lowest BCUT2D eigenvalue weighted by Gasteiger charge is -2.11. The fraction of sp³-hybridized carbons (Fsp3) is 0.160. The Morgan fingerprint density at radius 1 is 1.12 bits per heavy atom. The molecule has 3 aromatic heterocycles. The number of hydrogen-bond donors (Lipinski definition) is 0. The highest BCUT2D eigenvalue weighted by atomic mass is 32.1. The highest BCUT2D eigenvalue weighted by molar-refractivity contribution is 7.15. The minimum absolute atomic E-state index is 0.0622. The van der Waals surface area contributed by atoms with Crippen molar-refractivity contribution in [1.29, 1.82) is 0 Å². The molecule has 0 aliphatic carbocycles. The van der Waals surface area contributed by atoms with Gasteiger partial charge in [-0.1, -0.05) is 29.5 Å². The molecule has 0 aliphatic rings. The molecule has 7 heteroatoms. The standard InChI is InChI=1S/C25H21N3O3S/c1-4-31-24(30)17-8-7-9-19(13-17)27-15(2)12-18(16(27)3)14-22-23(29)28-21-11-6-5-10-20(21)26-25(28)32-22/h5-14H,4H2,1-3H3. The van der Waals surface area contributed by atoms with Gasteiger partial charge in [0.15, 0.2) is 4.96 Å². The van der Waals surface area contributed by atoms with E-state index in [0.29, 0.717) is 21.7 Å². The van der Waals surface area contributed by atoms with E-state index in [9.17, 15) is 9.59 Å². The first-order chi connectivity index (χ1) is 15.5. The Labute approximate surface area is 188 Å². The third kappa shape index (κ3) is 3.22. The Kier molecular flexibility index (Phi) is 4.90. The molecule has 3 heterocycles. The summed E-state index contributed by atoms with van der Waals surface area (Å²) in [5.41, 5.74) is 5.91. The molecule has 0 atom stereocenters. The van der Waals surface area contributed by atoms with E-state index in [1.807, 2.05) is 68.5 Å². The summed E-state index contributed by atoms with van der Waals surface area (Å²) in [4.78, 5) is 30.5. The number of esters is 1. The maximum atomic E-state index is 13.1. The fourth-order valence-corrected chi connectivity index (χ4v) is 5.05. The van der Waals surface area contributed by atoms with E-state index in [1.54, 1.807) is 17.4 Å². The number of aryl methyl sites for hydroxylation is 1. The van der Waals surface area contributed by atoms with Crippen molar-refractivity contribution < 1.29 is 9.53 Å². The summed E-state index contributed by atoms with van der Waals surface area (Å²) in [5, 5.41) is 0. The summed E-state index contributed by atoms with van der Waals surface area (Å²) in [7, 11) is 0. The van der Waals surface area contributed by atoms with Crippen molar-refractivity contribution in [1.82, 2.24) is 14.0 Å². The average Bonchev–Trinajstić information content (AvgIpc) is 3.39. The molecular formula is C25H21N3O3S. The number of benzene rings is 2. The van der Waals surface area contributed by atoms with Crippen LogP contribution in [0, 0.1) is 13.8 Å². The first-order valence-corrected chi connectivity index (χ1v) is 11.2. The molecule has 0 unspecified atom stereocenters. The maximum absolute atomic E-state index is 13.1. The summed E-state index contributed by atoms with van der Waals surface area (Å²) in [6.45, 7) is 6.14. The lowest BCUT2D eigenvalue weighted by atomic mass is 10.2. The number of carbonyl (C=O) groups excluding carboxylic acids is 1. The van der Waals surface area contributed by atoms with Crippen molar-refractivity contribution >= 4 is 39.4 Å². The summed E-state index contributed by atoms with van der Waals surface area (Å²) in [6, 6.07) is 17.1. The molecule has 0 saturated heterocycles. The van der Waals surface area contributed by atoms with E-state index in [-0.39, 0.29) is 11.5 Å². The fourth-order valence-electron chi connectivity index (χ4n) is 4.07. The molecule has 0 saturated carbocycles. The van der Waals surface area contributed by atoms with E-state index < -0.39 is 0 Å². The van der Waals surface area contributed by atoms with Crippen molar-refractivity contribution in [3.8, 4) is 5.69 Å². The number of aromatic nitrogens is 3. The van der Waals surface area contributed by atoms with Gasteiger partial charge in [0.1, 0.15) is 0 Å². The van der Waals surface area contributed by atoms with Crippen LogP contribution in [0.4, 0.5) is 0 Å². The van der Waals surface area contributed by atoms with Crippen molar-refractivity contribution in [3.63, 3.8) is 0 Å². The highest BCUT2D eigenvalue weighted by Crippen LogP contribution is 2.23. The Balaban J connectivity index is 1.62. The third-order valence-corrected chi connectivity index (χ3v) is 6.49. The molecule has 0 radical (unpaired) electrons. The molecule has 6 nitrogen and oxygen atoms in total. The predicted octanol–water partition coefficient (Wildman–Crippen LogP) is 4.04. The van der Waals surface area contributed by atoms with Gasteiger partial charge < -0.3 is 9.30 Å². The molecule has 5 rings (SSSR count). The minimum Gasteiger partial charge on any atom is -0.462 e. The number of hydrogen-bond acceptors (Lipinski definition) is 5. The topological polar surface area (TPSA) is 65.6 Å². The molecular weight excluding hydrogens is 422 g/mol. The van der Waals surface area contributed by atoms with Crippen LogP contribution in [0.3, 0.4) is 0 Å². The SMILES string of the molecule is CCOC(=O)c1cccc(-n2c(C)cc(C=c3sc4nc5ccccc5n4c3=O)c2C)c1. The van der Waals surface area contributed by atoms with Crippen LogP contribution >= 0.6 is 11.3 Å². The van der Waals surface area contributed by atoms with Crippen LogP contribution in [0.5, 0.6) is 0 Å². The van der Waals surface area contributed by atoms with E-state index in [0.717, 1.165) is 33.7 Å². The highest BCUT2D eigenvalue weighted by Gasteiger charge is 2.14. The van der Waals surface area contributed by atoms with Crippen LogP contribution in [0.15, 0.2) is 59.4 Å². The van der Waals surface area contributed by atoms with Crippen LogP contribution in [0.2, 0.25) is 0 Å². The Morgan fingerprint density at radius 3 is 2.75 bits per heavy atom. The molecule has 5 aromatic rings. The van der Waals surface area contributed by atoms with Crippen LogP contribution in [0.25, 0.3) is 27.8 Å². The second kappa shape index (κ2) is 7.76. The third-order valence-electron chi connectivity index (χ3n) is 5.52. The molecule has 2 aromatic carbocycles. The minimum atomic E-state index is -0.339. The monoisotopic (exact) mass is 443 g/mol. The molecule has 0 spiro atoms. The lowest BCUT2D eigenvalue weighted by molar-refractivity contribution is 0.0526. The lowest BCUT2D eigenvalue weighted by Crippen LogP contribution is -2.22. The van der Waals surface area contributed by atoms with Gasteiger partial charge in [0.25, 0.3) is 5.56 Å². The van der Waals surface area contributed by atoms with Crippen molar-refractivity contribution in [2.75, 3.05) is 6.61 Å². The molecule has 0 amide bonds. The average molecular weight is 444 g/mol. The second-order valence-electron chi connectivity index (χ2n) is 7.57. The van der Waals surface area contributed by atoms with Gasteiger partial charge in [0, 0.05) is 17.1 Å². The largest absolute Gasteiger partial charge is 0.462 e. The van der Waals surface area contributed by atoms with Gasteiger partial charge in [0.2, 0.25) is 0 Å². The first kappa shape index (κ1) is 20.2. The van der Waals surface area contributed by atoms with E-state index in [2.05, 4.69) is 9.55 Å². The normalized spacial score (nSPS) is 12.2. The number of para-hydroxylation sites is 2. The number of fused-ring (bicyclic) bond motifs is 3. The van der Waals surface area contributed by atoms with Crippen molar-refractivity contribution in [2.45, 2.75) is 20.8 Å². The maximum Gasteiger partial charge on any atom is 0.338 e. The number of carbonyl (C=O) groups is 1. The van der Waals surface area contributed by atoms with Gasteiger partial charge in [0.05, 0.1) is 27.7 Å². The number of imidazole rings is 1. The number of ether oxygens (including phenoxy) is 1. The molecule has 0 N–H and O–H groups in total. The molecule has 0 fully saturated rings. The first-order valence-electron chi connectivity index (χ1n) is 10.4. The van der Waals surface area contributed by atoms with Crippen molar-refractivity contribution in [3.05, 3.63) is 92.0 Å². The number of nitrogens with zero attached hydrogens (tertiary/aromatic N) is 3. The van der Waals surface area contributed by atoms with Gasteiger partial charge in [-0.15, -0.1) is 0 Å². The zero-order valence-electron chi connectivity index (χ0n) is 18.0. The van der Waals surface area contributed by atoms with Crippen LogP contribution in [-0.4, -0.2) is 26.5 Å². The molecule has 0 bridgehead atoms.